The van der Waals surface area contributed by atoms with Crippen molar-refractivity contribution in [1.29, 1.82) is 0 Å². The lowest BCUT2D eigenvalue weighted by Gasteiger charge is -2.37. The monoisotopic (exact) mass is 718 g/mol. The largest absolute Gasteiger partial charge is 0.309 e. The van der Waals surface area contributed by atoms with Crippen molar-refractivity contribution in [3.8, 4) is 28.2 Å². The molecule has 1 spiro atoms. The smallest absolute Gasteiger partial charge is 0.175 e. The topological polar surface area (TPSA) is 27.7 Å². The SMILES string of the molecule is c1ccc(-n2c3ccccc3c3cc4c(cc32)c2ccccc2n4-c2ccc3c(c2)C2(Sc4nc5ccccc5n4-3)c3ccccc3-c3ccccc32)cc1. The Morgan fingerprint density at radius 1 is 0.382 bits per heavy atom. The Labute approximate surface area is 320 Å². The average molecular weight is 719 g/mol. The van der Waals surface area contributed by atoms with Crippen LogP contribution in [-0.2, 0) is 4.75 Å². The molecule has 8 aromatic carbocycles. The predicted octanol–water partition coefficient (Wildman–Crippen LogP) is 12.6. The fourth-order valence-electron chi connectivity index (χ4n) is 9.80. The number of benzene rings is 8. The molecule has 256 valence electrons. The van der Waals surface area contributed by atoms with Gasteiger partial charge in [0.1, 0.15) is 4.75 Å². The molecule has 0 unspecified atom stereocenters. The summed E-state index contributed by atoms with van der Waals surface area (Å²) in [5.74, 6) is 0. The van der Waals surface area contributed by atoms with Crippen molar-refractivity contribution in [3.05, 3.63) is 199 Å². The number of fused-ring (bicyclic) bond motifs is 17. The molecular formula is C50H30N4S. The molecule has 2 aliphatic rings. The number of nitrogens with zero attached hydrogens (tertiary/aromatic N) is 4. The van der Waals surface area contributed by atoms with Crippen LogP contribution >= 0.6 is 11.8 Å². The highest BCUT2D eigenvalue weighted by molar-refractivity contribution is 8.00. The minimum Gasteiger partial charge on any atom is -0.309 e. The predicted molar refractivity (Wildman–Crippen MR) is 227 cm³/mol. The Bertz CT molecular complexity index is 3370. The molecule has 3 aromatic heterocycles. The van der Waals surface area contributed by atoms with Crippen LogP contribution in [0.25, 0.3) is 82.8 Å². The molecule has 0 bridgehead atoms. The summed E-state index contributed by atoms with van der Waals surface area (Å²) >= 11 is 1.88. The van der Waals surface area contributed by atoms with E-state index in [2.05, 4.69) is 196 Å². The highest BCUT2D eigenvalue weighted by atomic mass is 32.2. The van der Waals surface area contributed by atoms with Crippen molar-refractivity contribution >= 4 is 66.4 Å². The van der Waals surface area contributed by atoms with E-state index in [0.29, 0.717) is 0 Å². The summed E-state index contributed by atoms with van der Waals surface area (Å²) < 4.78 is 6.80. The minimum atomic E-state index is -0.481. The van der Waals surface area contributed by atoms with Gasteiger partial charge in [0.2, 0.25) is 0 Å². The molecule has 11 aromatic rings. The van der Waals surface area contributed by atoms with Gasteiger partial charge in [-0.25, -0.2) is 4.98 Å². The summed E-state index contributed by atoms with van der Waals surface area (Å²) in [5.41, 5.74) is 16.9. The molecule has 0 N–H and O–H groups in total. The Balaban J connectivity index is 1.15. The molecule has 0 saturated carbocycles. The zero-order valence-electron chi connectivity index (χ0n) is 29.5. The van der Waals surface area contributed by atoms with E-state index in [1.165, 1.54) is 77.1 Å². The fraction of sp³-hybridized carbons (Fsp3) is 0.0200. The van der Waals surface area contributed by atoms with E-state index in [4.69, 9.17) is 4.98 Å². The normalized spacial score (nSPS) is 13.9. The molecule has 1 aliphatic heterocycles. The third-order valence-corrected chi connectivity index (χ3v) is 13.4. The lowest BCUT2D eigenvalue weighted by molar-refractivity contribution is 0.811. The molecule has 4 nitrogen and oxygen atoms in total. The number of para-hydroxylation sites is 5. The Hall–Kier alpha value is -6.82. The molecular weight excluding hydrogens is 689 g/mol. The van der Waals surface area contributed by atoms with Gasteiger partial charge < -0.3 is 9.13 Å². The maximum absolute atomic E-state index is 5.27. The van der Waals surface area contributed by atoms with E-state index in [9.17, 15) is 0 Å². The third-order valence-electron chi connectivity index (χ3n) is 12.0. The van der Waals surface area contributed by atoms with Crippen LogP contribution in [0.4, 0.5) is 0 Å². The number of aromatic nitrogens is 4. The molecule has 0 atom stereocenters. The summed E-state index contributed by atoms with van der Waals surface area (Å²) in [4.78, 5) is 5.27. The van der Waals surface area contributed by atoms with Gasteiger partial charge in [0.25, 0.3) is 0 Å². The Kier molecular flexibility index (Phi) is 5.74. The minimum absolute atomic E-state index is 0.481. The first-order chi connectivity index (χ1) is 27.3. The molecule has 0 amide bonds. The molecule has 1 aliphatic carbocycles. The summed E-state index contributed by atoms with van der Waals surface area (Å²) in [6.07, 6.45) is 0. The highest BCUT2D eigenvalue weighted by Crippen LogP contribution is 2.63. The van der Waals surface area contributed by atoms with Crippen molar-refractivity contribution in [2.75, 3.05) is 0 Å². The first kappa shape index (κ1) is 29.6. The lowest BCUT2D eigenvalue weighted by Crippen LogP contribution is -2.29. The standard InChI is InChI=1S/C50H30N4S/c1-2-14-31(15-3-1)52-43-23-11-6-18-35(43)37-30-48-38(29-47(37)52)36-19-7-12-24-44(36)53(48)32-26-27-45-41(28-32)50(55-49-51-42-22-10-13-25-46(42)54(45)49)39-20-8-4-16-33(39)34-17-5-9-21-40(34)50/h1-30H. The summed E-state index contributed by atoms with van der Waals surface area (Å²) in [6, 6.07) is 66.9. The van der Waals surface area contributed by atoms with Gasteiger partial charge in [0.15, 0.2) is 5.16 Å². The number of thioether (sulfide) groups is 1. The van der Waals surface area contributed by atoms with Gasteiger partial charge in [-0.2, -0.15) is 0 Å². The molecule has 0 saturated heterocycles. The first-order valence-corrected chi connectivity index (χ1v) is 19.6. The van der Waals surface area contributed by atoms with Crippen LogP contribution in [-0.4, -0.2) is 18.7 Å². The molecule has 0 fully saturated rings. The van der Waals surface area contributed by atoms with Gasteiger partial charge in [-0.05, 0) is 89.0 Å². The molecule has 4 heterocycles. The second-order valence-corrected chi connectivity index (χ2v) is 15.9. The van der Waals surface area contributed by atoms with Crippen LogP contribution in [0, 0.1) is 0 Å². The zero-order valence-corrected chi connectivity index (χ0v) is 30.3. The second kappa shape index (κ2) is 10.7. The van der Waals surface area contributed by atoms with Crippen molar-refractivity contribution < 1.29 is 0 Å². The van der Waals surface area contributed by atoms with Crippen LogP contribution in [0.2, 0.25) is 0 Å². The first-order valence-electron chi connectivity index (χ1n) is 18.8. The number of imidazole rings is 1. The highest BCUT2D eigenvalue weighted by Gasteiger charge is 2.50. The maximum Gasteiger partial charge on any atom is 0.175 e. The third kappa shape index (κ3) is 3.75. The van der Waals surface area contributed by atoms with Crippen molar-refractivity contribution in [3.63, 3.8) is 0 Å². The zero-order chi connectivity index (χ0) is 35.8. The van der Waals surface area contributed by atoms with Gasteiger partial charge >= 0.3 is 0 Å². The van der Waals surface area contributed by atoms with Crippen molar-refractivity contribution in [2.45, 2.75) is 9.90 Å². The summed E-state index contributed by atoms with van der Waals surface area (Å²) in [5, 5.41) is 5.99. The maximum atomic E-state index is 5.27. The van der Waals surface area contributed by atoms with E-state index in [0.717, 1.165) is 27.6 Å². The van der Waals surface area contributed by atoms with E-state index in [1.54, 1.807) is 0 Å². The van der Waals surface area contributed by atoms with Crippen molar-refractivity contribution in [1.82, 2.24) is 18.7 Å². The molecule has 13 rings (SSSR count). The van der Waals surface area contributed by atoms with E-state index in [1.807, 2.05) is 11.8 Å². The number of hydrogen-bond acceptors (Lipinski definition) is 2. The Morgan fingerprint density at radius 3 is 1.60 bits per heavy atom. The molecule has 5 heteroatoms. The second-order valence-electron chi connectivity index (χ2n) is 14.7. The van der Waals surface area contributed by atoms with Crippen LogP contribution in [0.1, 0.15) is 16.7 Å². The van der Waals surface area contributed by atoms with E-state index >= 15 is 0 Å². The van der Waals surface area contributed by atoms with Gasteiger partial charge in [-0.3, -0.25) is 4.57 Å². The summed E-state index contributed by atoms with van der Waals surface area (Å²) in [7, 11) is 0. The van der Waals surface area contributed by atoms with E-state index in [-0.39, 0.29) is 0 Å². The number of rotatable bonds is 2. The van der Waals surface area contributed by atoms with Crippen LogP contribution < -0.4 is 0 Å². The lowest BCUT2D eigenvalue weighted by atomic mass is 9.86. The summed E-state index contributed by atoms with van der Waals surface area (Å²) in [6.45, 7) is 0. The average Bonchev–Trinajstić information content (AvgIpc) is 3.96. The van der Waals surface area contributed by atoms with Gasteiger partial charge in [-0.1, -0.05) is 127 Å². The Morgan fingerprint density at radius 2 is 0.927 bits per heavy atom. The molecule has 0 radical (unpaired) electrons. The number of hydrogen-bond donors (Lipinski definition) is 0. The van der Waals surface area contributed by atoms with Gasteiger partial charge in [0.05, 0.1) is 38.8 Å². The van der Waals surface area contributed by atoms with Crippen LogP contribution in [0.3, 0.4) is 0 Å². The molecule has 55 heavy (non-hydrogen) atoms. The van der Waals surface area contributed by atoms with E-state index < -0.39 is 4.75 Å². The van der Waals surface area contributed by atoms with Gasteiger partial charge in [0, 0.05) is 38.5 Å². The quantitative estimate of drug-likeness (QED) is 0.178. The fourth-order valence-corrected chi connectivity index (χ4v) is 11.4. The van der Waals surface area contributed by atoms with Crippen molar-refractivity contribution in [2.24, 2.45) is 0 Å². The van der Waals surface area contributed by atoms with Gasteiger partial charge in [-0.15, -0.1) is 0 Å². The van der Waals surface area contributed by atoms with Crippen LogP contribution in [0.15, 0.2) is 187 Å². The van der Waals surface area contributed by atoms with Crippen LogP contribution in [0.5, 0.6) is 0 Å².